The summed E-state index contributed by atoms with van der Waals surface area (Å²) in [5, 5.41) is 4.75. The van der Waals surface area contributed by atoms with Gasteiger partial charge in [0.1, 0.15) is 5.75 Å². The molecule has 3 heterocycles. The van der Waals surface area contributed by atoms with E-state index in [0.717, 1.165) is 30.1 Å². The lowest BCUT2D eigenvalue weighted by atomic mass is 9.89. The molecule has 24 heavy (non-hydrogen) atoms. The van der Waals surface area contributed by atoms with Crippen molar-refractivity contribution in [2.75, 3.05) is 20.2 Å². The number of hydrogen-bond acceptors (Lipinski definition) is 3. The van der Waals surface area contributed by atoms with Crippen LogP contribution in [0.15, 0.2) is 36.7 Å². The van der Waals surface area contributed by atoms with Crippen LogP contribution < -0.4 is 10.1 Å². The molecule has 0 atom stereocenters. The lowest BCUT2D eigenvalue weighted by Gasteiger charge is -2.23. The Hall–Kier alpha value is -2.33. The number of methoxy groups -OCH3 is 1. The average molecular weight is 321 g/mol. The number of aryl methyl sites for hydroxylation is 1. The topological polar surface area (TPSA) is 49.9 Å². The van der Waals surface area contributed by atoms with E-state index in [1.807, 2.05) is 12.3 Å². The monoisotopic (exact) mass is 321 g/mol. The summed E-state index contributed by atoms with van der Waals surface area (Å²) in [6.07, 6.45) is 6.02. The van der Waals surface area contributed by atoms with Gasteiger partial charge in [0.05, 0.1) is 19.0 Å². The molecule has 1 saturated heterocycles. The number of fused-ring (bicyclic) bond motifs is 1. The first-order valence-electron chi connectivity index (χ1n) is 8.59. The minimum absolute atomic E-state index is 0.670. The number of piperidine rings is 1. The summed E-state index contributed by atoms with van der Waals surface area (Å²) < 4.78 is 5.48. The zero-order valence-corrected chi connectivity index (χ0v) is 14.2. The van der Waals surface area contributed by atoms with Crippen molar-refractivity contribution in [2.45, 2.75) is 25.7 Å². The lowest BCUT2D eigenvalue weighted by Crippen LogP contribution is -2.26. The first kappa shape index (κ1) is 15.2. The molecular weight excluding hydrogens is 298 g/mol. The molecule has 4 rings (SSSR count). The Kier molecular flexibility index (Phi) is 3.98. The van der Waals surface area contributed by atoms with E-state index < -0.39 is 0 Å². The fourth-order valence-electron chi connectivity index (χ4n) is 3.77. The van der Waals surface area contributed by atoms with Crippen LogP contribution in [0.3, 0.4) is 0 Å². The third-order valence-corrected chi connectivity index (χ3v) is 5.17. The molecule has 1 fully saturated rings. The van der Waals surface area contributed by atoms with Crippen LogP contribution in [0.4, 0.5) is 0 Å². The predicted octanol–water partition coefficient (Wildman–Crippen LogP) is 4.01. The second-order valence-corrected chi connectivity index (χ2v) is 6.53. The van der Waals surface area contributed by atoms with Gasteiger partial charge < -0.3 is 15.0 Å². The van der Waals surface area contributed by atoms with E-state index in [1.165, 1.54) is 34.9 Å². The highest BCUT2D eigenvalue weighted by Crippen LogP contribution is 2.36. The fourth-order valence-corrected chi connectivity index (χ4v) is 3.77. The number of rotatable bonds is 3. The Morgan fingerprint density at radius 3 is 2.79 bits per heavy atom. The molecule has 1 aromatic carbocycles. The van der Waals surface area contributed by atoms with Crippen molar-refractivity contribution in [2.24, 2.45) is 0 Å². The highest BCUT2D eigenvalue weighted by Gasteiger charge is 2.18. The van der Waals surface area contributed by atoms with Crippen LogP contribution in [-0.2, 0) is 0 Å². The van der Waals surface area contributed by atoms with E-state index >= 15 is 0 Å². The van der Waals surface area contributed by atoms with Crippen molar-refractivity contribution in [1.82, 2.24) is 15.3 Å². The predicted molar refractivity (Wildman–Crippen MR) is 97.7 cm³/mol. The molecule has 124 valence electrons. The lowest BCUT2D eigenvalue weighted by molar-refractivity contribution is 0.414. The molecule has 0 unspecified atom stereocenters. The van der Waals surface area contributed by atoms with Crippen molar-refractivity contribution in [1.29, 1.82) is 0 Å². The van der Waals surface area contributed by atoms with Crippen LogP contribution in [0, 0.1) is 6.92 Å². The maximum absolute atomic E-state index is 5.48. The molecular formula is C20H23N3O. The number of hydrogen-bond donors (Lipinski definition) is 2. The summed E-state index contributed by atoms with van der Waals surface area (Å²) in [6.45, 7) is 4.42. The third kappa shape index (κ3) is 2.57. The van der Waals surface area contributed by atoms with Gasteiger partial charge in [0.2, 0.25) is 0 Å². The SMILES string of the molecule is COc1cnccc1-c1[nH]c2ccc(C3CCNCC3)cc2c1C. The molecule has 1 aliphatic rings. The van der Waals surface area contributed by atoms with Gasteiger partial charge in [-0.25, -0.2) is 0 Å². The van der Waals surface area contributed by atoms with Crippen LogP contribution in [-0.4, -0.2) is 30.2 Å². The van der Waals surface area contributed by atoms with Gasteiger partial charge in [0.25, 0.3) is 0 Å². The number of H-pyrrole nitrogens is 1. The summed E-state index contributed by atoms with van der Waals surface area (Å²) in [6, 6.07) is 8.87. The van der Waals surface area contributed by atoms with E-state index in [9.17, 15) is 0 Å². The second-order valence-electron chi connectivity index (χ2n) is 6.53. The highest BCUT2D eigenvalue weighted by atomic mass is 16.5. The highest BCUT2D eigenvalue weighted by molar-refractivity contribution is 5.92. The number of pyridine rings is 1. The largest absolute Gasteiger partial charge is 0.494 e. The first-order valence-corrected chi connectivity index (χ1v) is 8.59. The Morgan fingerprint density at radius 1 is 1.17 bits per heavy atom. The van der Waals surface area contributed by atoms with Crippen molar-refractivity contribution < 1.29 is 4.74 Å². The van der Waals surface area contributed by atoms with Crippen LogP contribution >= 0.6 is 0 Å². The van der Waals surface area contributed by atoms with E-state index in [0.29, 0.717) is 5.92 Å². The minimum atomic E-state index is 0.670. The Bertz CT molecular complexity index is 862. The standard InChI is InChI=1S/C20H23N3O/c1-13-17-11-15(14-5-8-21-9-6-14)3-4-18(17)23-20(13)16-7-10-22-12-19(16)24-2/h3-4,7,10-12,14,21,23H,5-6,8-9H2,1-2H3. The molecule has 0 bridgehead atoms. The summed E-state index contributed by atoms with van der Waals surface area (Å²) in [4.78, 5) is 7.72. The number of nitrogens with zero attached hydrogens (tertiary/aromatic N) is 1. The molecule has 0 radical (unpaired) electrons. The summed E-state index contributed by atoms with van der Waals surface area (Å²) in [5.74, 6) is 1.47. The molecule has 0 spiro atoms. The van der Waals surface area contributed by atoms with Gasteiger partial charge >= 0.3 is 0 Å². The van der Waals surface area contributed by atoms with Crippen LogP contribution in [0.25, 0.3) is 22.2 Å². The molecule has 0 amide bonds. The minimum Gasteiger partial charge on any atom is -0.494 e. The quantitative estimate of drug-likeness (QED) is 0.766. The molecule has 0 saturated carbocycles. The van der Waals surface area contributed by atoms with Crippen molar-refractivity contribution in [3.8, 4) is 17.0 Å². The van der Waals surface area contributed by atoms with Crippen LogP contribution in [0.5, 0.6) is 5.75 Å². The van der Waals surface area contributed by atoms with Gasteiger partial charge in [0, 0.05) is 22.7 Å². The maximum atomic E-state index is 5.48. The summed E-state index contributed by atoms with van der Waals surface area (Å²) in [5.41, 5.74) is 6.08. The fraction of sp³-hybridized carbons (Fsp3) is 0.350. The normalized spacial score (nSPS) is 15.8. The molecule has 0 aliphatic carbocycles. The van der Waals surface area contributed by atoms with Crippen LogP contribution in [0.1, 0.15) is 29.9 Å². The zero-order chi connectivity index (χ0) is 16.5. The van der Waals surface area contributed by atoms with Crippen molar-refractivity contribution >= 4 is 10.9 Å². The van der Waals surface area contributed by atoms with Crippen molar-refractivity contribution in [3.63, 3.8) is 0 Å². The number of aromatic nitrogens is 2. The third-order valence-electron chi connectivity index (χ3n) is 5.17. The van der Waals surface area contributed by atoms with Gasteiger partial charge in [-0.15, -0.1) is 0 Å². The average Bonchev–Trinajstić information content (AvgIpc) is 2.98. The first-order chi connectivity index (χ1) is 11.8. The molecule has 3 aromatic rings. The summed E-state index contributed by atoms with van der Waals surface area (Å²) in [7, 11) is 1.69. The van der Waals surface area contributed by atoms with Gasteiger partial charge in [-0.05, 0) is 68.1 Å². The van der Waals surface area contributed by atoms with E-state index in [4.69, 9.17) is 4.74 Å². The second kappa shape index (κ2) is 6.29. The smallest absolute Gasteiger partial charge is 0.146 e. The van der Waals surface area contributed by atoms with Crippen molar-refractivity contribution in [3.05, 3.63) is 47.8 Å². The van der Waals surface area contributed by atoms with E-state index in [1.54, 1.807) is 13.3 Å². The summed E-state index contributed by atoms with van der Waals surface area (Å²) >= 11 is 0. The number of nitrogens with one attached hydrogen (secondary N) is 2. The van der Waals surface area contributed by atoms with Gasteiger partial charge in [0.15, 0.2) is 0 Å². The van der Waals surface area contributed by atoms with Gasteiger partial charge in [-0.2, -0.15) is 0 Å². The molecule has 4 nitrogen and oxygen atoms in total. The number of ether oxygens (including phenoxy) is 1. The Balaban J connectivity index is 1.80. The number of aromatic amines is 1. The van der Waals surface area contributed by atoms with E-state index in [-0.39, 0.29) is 0 Å². The molecule has 4 heteroatoms. The Labute approximate surface area is 142 Å². The maximum Gasteiger partial charge on any atom is 0.146 e. The Morgan fingerprint density at radius 2 is 2.00 bits per heavy atom. The van der Waals surface area contributed by atoms with E-state index in [2.05, 4.69) is 40.4 Å². The molecule has 1 aliphatic heterocycles. The van der Waals surface area contributed by atoms with Gasteiger partial charge in [-0.1, -0.05) is 6.07 Å². The molecule has 2 aromatic heterocycles. The zero-order valence-electron chi connectivity index (χ0n) is 14.2. The van der Waals surface area contributed by atoms with Gasteiger partial charge in [-0.3, -0.25) is 4.98 Å². The van der Waals surface area contributed by atoms with Crippen LogP contribution in [0.2, 0.25) is 0 Å². The number of benzene rings is 1. The molecule has 2 N–H and O–H groups in total.